The van der Waals surface area contributed by atoms with Gasteiger partial charge >= 0.3 is 5.97 Å². The maximum Gasteiger partial charge on any atom is 0.362 e. The van der Waals surface area contributed by atoms with Crippen LogP contribution in [0.2, 0.25) is 0 Å². The Balaban J connectivity index is 1.36. The molecule has 2 aliphatic heterocycles. The van der Waals surface area contributed by atoms with Crippen molar-refractivity contribution >= 4 is 22.7 Å². The highest BCUT2D eigenvalue weighted by atomic mass is 16.6. The maximum atomic E-state index is 14.2. The number of hydrogen-bond acceptors (Lipinski definition) is 7. The lowest BCUT2D eigenvalue weighted by Crippen LogP contribution is -2.58. The second kappa shape index (κ2) is 12.0. The SMILES string of the molecule is CCO/N=C(/C(=O)OCC)c1nc2ccccc2n(C2CC3CCC[C@H](C2)N3C2CC3CCCCC(C3)C2)c1=O. The fourth-order valence-electron chi connectivity index (χ4n) is 8.48. The molecule has 4 fully saturated rings. The number of oxime groups is 1. The maximum absolute atomic E-state index is 14.2. The number of carbonyl (C=O) groups is 1. The lowest BCUT2D eigenvalue weighted by Gasteiger charge is -2.54. The van der Waals surface area contributed by atoms with Gasteiger partial charge in [0.1, 0.15) is 6.61 Å². The number of aromatic nitrogens is 2. The Hall–Kier alpha value is -2.74. The van der Waals surface area contributed by atoms with Crippen molar-refractivity contribution in [2.45, 2.75) is 115 Å². The highest BCUT2D eigenvalue weighted by Crippen LogP contribution is 2.47. The molecule has 2 saturated heterocycles. The molecule has 4 bridgehead atoms. The van der Waals surface area contributed by atoms with Crippen LogP contribution >= 0.6 is 0 Å². The van der Waals surface area contributed by atoms with Gasteiger partial charge in [-0.1, -0.05) is 49.4 Å². The summed E-state index contributed by atoms with van der Waals surface area (Å²) in [6.45, 7) is 3.97. The number of esters is 1. The summed E-state index contributed by atoms with van der Waals surface area (Å²) < 4.78 is 7.16. The van der Waals surface area contributed by atoms with Crippen molar-refractivity contribution in [1.82, 2.24) is 14.5 Å². The van der Waals surface area contributed by atoms with E-state index in [1.165, 1.54) is 64.2 Å². The summed E-state index contributed by atoms with van der Waals surface area (Å²) in [7, 11) is 0. The number of piperidine rings is 2. The summed E-state index contributed by atoms with van der Waals surface area (Å²) in [6, 6.07) is 9.47. The molecular formula is C32H44N4O4. The predicted molar refractivity (Wildman–Crippen MR) is 155 cm³/mol. The van der Waals surface area contributed by atoms with Crippen LogP contribution in [0.5, 0.6) is 0 Å². The van der Waals surface area contributed by atoms with Gasteiger partial charge in [-0.15, -0.1) is 0 Å². The minimum atomic E-state index is -0.687. The first kappa shape index (κ1) is 27.4. The third-order valence-electron chi connectivity index (χ3n) is 9.92. The minimum Gasteiger partial charge on any atom is -0.461 e. The molecule has 40 heavy (non-hydrogen) atoms. The molecule has 0 radical (unpaired) electrons. The Labute approximate surface area is 237 Å². The largest absolute Gasteiger partial charge is 0.461 e. The number of fused-ring (bicyclic) bond motifs is 5. The zero-order valence-electron chi connectivity index (χ0n) is 24.1. The van der Waals surface area contributed by atoms with Crippen molar-refractivity contribution in [2.24, 2.45) is 17.0 Å². The van der Waals surface area contributed by atoms with Crippen molar-refractivity contribution in [3.8, 4) is 0 Å². The number of rotatable bonds is 7. The van der Waals surface area contributed by atoms with Crippen LogP contribution in [-0.4, -0.2) is 57.5 Å². The molecule has 0 N–H and O–H groups in total. The number of hydrogen-bond donors (Lipinski definition) is 0. The van der Waals surface area contributed by atoms with E-state index in [0.29, 0.717) is 23.6 Å². The van der Waals surface area contributed by atoms with Crippen LogP contribution in [-0.2, 0) is 14.4 Å². The Morgan fingerprint density at radius 1 is 0.875 bits per heavy atom. The summed E-state index contributed by atoms with van der Waals surface area (Å²) >= 11 is 0. The zero-order chi connectivity index (χ0) is 27.6. The molecule has 8 nitrogen and oxygen atoms in total. The van der Waals surface area contributed by atoms with E-state index in [4.69, 9.17) is 9.57 Å². The minimum absolute atomic E-state index is 0.00884. The van der Waals surface area contributed by atoms with Crippen molar-refractivity contribution in [3.63, 3.8) is 0 Å². The molecule has 2 aliphatic carbocycles. The van der Waals surface area contributed by atoms with E-state index in [1.54, 1.807) is 13.8 Å². The summed E-state index contributed by atoms with van der Waals surface area (Å²) in [4.78, 5) is 39.9. The van der Waals surface area contributed by atoms with E-state index in [0.717, 1.165) is 30.2 Å². The lowest BCUT2D eigenvalue weighted by molar-refractivity contribution is -0.135. The fourth-order valence-corrected chi connectivity index (χ4v) is 8.48. The molecule has 6 rings (SSSR count). The Morgan fingerprint density at radius 2 is 1.57 bits per heavy atom. The molecule has 3 heterocycles. The molecule has 216 valence electrons. The molecule has 0 spiro atoms. The first-order valence-corrected chi connectivity index (χ1v) is 15.7. The standard InChI is InChI=1S/C32H44N4O4/c1-3-39-32(38)30(34-40-4-2)29-31(37)36(28-15-8-7-14-27(28)33-29)26-19-23-12-9-13-24(20-26)35(23)25-17-21-10-5-6-11-22(16-21)18-25/h7-8,14-15,21-26H,3-6,9-13,16-20H2,1-2H3/b34-30+/t21?,22?,23-,24?,25?,26?/m1/s1. The van der Waals surface area contributed by atoms with Crippen LogP contribution in [0, 0.1) is 11.8 Å². The van der Waals surface area contributed by atoms with Crippen LogP contribution in [0.1, 0.15) is 103 Å². The topological polar surface area (TPSA) is 86.0 Å². The first-order valence-electron chi connectivity index (χ1n) is 15.7. The second-order valence-electron chi connectivity index (χ2n) is 12.4. The number of benzene rings is 1. The average molecular weight is 549 g/mol. The molecule has 5 atom stereocenters. The van der Waals surface area contributed by atoms with E-state index < -0.39 is 5.97 Å². The highest BCUT2D eigenvalue weighted by molar-refractivity contribution is 6.42. The lowest BCUT2D eigenvalue weighted by atomic mass is 9.73. The summed E-state index contributed by atoms with van der Waals surface area (Å²) in [5.74, 6) is 1.10. The van der Waals surface area contributed by atoms with E-state index in [-0.39, 0.29) is 36.2 Å². The molecule has 1 aromatic heterocycles. The summed E-state index contributed by atoms with van der Waals surface area (Å²) in [6.07, 6.45) is 15.3. The van der Waals surface area contributed by atoms with Crippen LogP contribution in [0.15, 0.2) is 34.2 Å². The molecule has 1 aromatic carbocycles. The van der Waals surface area contributed by atoms with Gasteiger partial charge in [0, 0.05) is 24.2 Å². The van der Waals surface area contributed by atoms with Gasteiger partial charge in [0.05, 0.1) is 17.6 Å². The van der Waals surface area contributed by atoms with Gasteiger partial charge < -0.3 is 14.1 Å². The smallest absolute Gasteiger partial charge is 0.362 e. The quantitative estimate of drug-likeness (QED) is 0.254. The zero-order valence-corrected chi connectivity index (χ0v) is 24.1. The molecule has 4 unspecified atom stereocenters. The van der Waals surface area contributed by atoms with E-state index in [2.05, 4.69) is 15.0 Å². The fraction of sp³-hybridized carbons (Fsp3) is 0.688. The first-order chi connectivity index (χ1) is 19.6. The molecule has 0 amide bonds. The Morgan fingerprint density at radius 3 is 2.25 bits per heavy atom. The van der Waals surface area contributed by atoms with Gasteiger partial charge in [0.2, 0.25) is 5.71 Å². The van der Waals surface area contributed by atoms with E-state index >= 15 is 0 Å². The van der Waals surface area contributed by atoms with Crippen LogP contribution in [0.4, 0.5) is 0 Å². The van der Waals surface area contributed by atoms with Crippen molar-refractivity contribution < 1.29 is 14.4 Å². The molecule has 2 aromatic rings. The van der Waals surface area contributed by atoms with Gasteiger partial charge in [-0.2, -0.15) is 0 Å². The van der Waals surface area contributed by atoms with Crippen LogP contribution in [0.25, 0.3) is 11.0 Å². The third kappa shape index (κ3) is 5.31. The molecule has 2 saturated carbocycles. The Bertz CT molecular complexity index is 1280. The number of carbonyl (C=O) groups excluding carboxylic acids is 1. The monoisotopic (exact) mass is 548 g/mol. The van der Waals surface area contributed by atoms with Crippen molar-refractivity contribution in [2.75, 3.05) is 13.2 Å². The van der Waals surface area contributed by atoms with Gasteiger partial charge in [0.15, 0.2) is 5.69 Å². The number of nitrogens with zero attached hydrogens (tertiary/aromatic N) is 4. The summed E-state index contributed by atoms with van der Waals surface area (Å²) in [5.41, 5.74) is 1.06. The third-order valence-corrected chi connectivity index (χ3v) is 9.92. The van der Waals surface area contributed by atoms with Gasteiger partial charge in [-0.3, -0.25) is 9.69 Å². The molecule has 4 aliphatic rings. The van der Waals surface area contributed by atoms with Crippen molar-refractivity contribution in [1.29, 1.82) is 0 Å². The normalized spacial score (nSPS) is 31.0. The molecular weight excluding hydrogens is 504 g/mol. The average Bonchev–Trinajstić information content (AvgIpc) is 3.12. The van der Waals surface area contributed by atoms with Gasteiger partial charge in [0.25, 0.3) is 5.56 Å². The highest BCUT2D eigenvalue weighted by Gasteiger charge is 2.45. The van der Waals surface area contributed by atoms with Gasteiger partial charge in [-0.05, 0) is 82.8 Å². The number of para-hydroxylation sites is 2. The van der Waals surface area contributed by atoms with Crippen LogP contribution in [0.3, 0.4) is 0 Å². The second-order valence-corrected chi connectivity index (χ2v) is 12.4. The van der Waals surface area contributed by atoms with Crippen molar-refractivity contribution in [3.05, 3.63) is 40.3 Å². The van der Waals surface area contributed by atoms with E-state index in [1.807, 2.05) is 28.8 Å². The Kier molecular flexibility index (Phi) is 8.24. The van der Waals surface area contributed by atoms with Crippen LogP contribution < -0.4 is 5.56 Å². The number of ether oxygens (including phenoxy) is 1. The summed E-state index contributed by atoms with van der Waals surface area (Å²) in [5, 5.41) is 4.01. The molecule has 8 heteroatoms. The van der Waals surface area contributed by atoms with E-state index in [9.17, 15) is 9.59 Å². The van der Waals surface area contributed by atoms with Gasteiger partial charge in [-0.25, -0.2) is 9.78 Å². The predicted octanol–water partition coefficient (Wildman–Crippen LogP) is 5.62.